The highest BCUT2D eigenvalue weighted by atomic mass is 32.2. The summed E-state index contributed by atoms with van der Waals surface area (Å²) in [4.78, 5) is 28.0. The molecule has 0 bridgehead atoms. The molecule has 6 heteroatoms. The van der Waals surface area contributed by atoms with Gasteiger partial charge in [0, 0.05) is 31.9 Å². The van der Waals surface area contributed by atoms with Crippen LogP contribution in [0, 0.1) is 0 Å². The monoisotopic (exact) mass is 335 g/mol. The zero-order valence-electron chi connectivity index (χ0n) is 13.7. The first-order valence-corrected chi connectivity index (χ1v) is 9.28. The molecule has 3 amide bonds. The zero-order chi connectivity index (χ0) is 16.5. The molecule has 1 aliphatic rings. The van der Waals surface area contributed by atoms with Crippen molar-refractivity contribution in [2.45, 2.75) is 19.9 Å². The number of hydrogen-bond donors (Lipinski definition) is 1. The molecule has 2 rings (SSSR count). The number of nitrogens with one attached hydrogen (secondary N) is 1. The predicted octanol–water partition coefficient (Wildman–Crippen LogP) is 2.18. The molecular weight excluding hydrogens is 310 g/mol. The second-order valence-electron chi connectivity index (χ2n) is 5.51. The number of urea groups is 1. The Morgan fingerprint density at radius 3 is 2.74 bits per heavy atom. The van der Waals surface area contributed by atoms with Crippen molar-refractivity contribution in [3.05, 3.63) is 35.9 Å². The van der Waals surface area contributed by atoms with Gasteiger partial charge >= 0.3 is 6.03 Å². The molecule has 23 heavy (non-hydrogen) atoms. The van der Waals surface area contributed by atoms with Crippen LogP contribution >= 0.6 is 11.8 Å². The van der Waals surface area contributed by atoms with Crippen LogP contribution in [-0.2, 0) is 11.3 Å². The highest BCUT2D eigenvalue weighted by Gasteiger charge is 2.18. The minimum Gasteiger partial charge on any atom is -0.337 e. The molecular formula is C17H25N3O2S. The summed E-state index contributed by atoms with van der Waals surface area (Å²) in [6.45, 7) is 4.74. The van der Waals surface area contributed by atoms with E-state index in [1.807, 2.05) is 49.0 Å². The van der Waals surface area contributed by atoms with Crippen LogP contribution in [0.4, 0.5) is 4.79 Å². The van der Waals surface area contributed by atoms with Crippen molar-refractivity contribution in [3.8, 4) is 0 Å². The number of likely N-dealkylation sites (N-methyl/N-ethyl adjacent to an activating group) is 1. The van der Waals surface area contributed by atoms with Crippen LogP contribution < -0.4 is 5.32 Å². The molecule has 1 fully saturated rings. The van der Waals surface area contributed by atoms with E-state index in [1.54, 1.807) is 9.80 Å². The Hall–Kier alpha value is -1.69. The number of nitrogens with zero attached hydrogens (tertiary/aromatic N) is 2. The Morgan fingerprint density at radius 2 is 2.00 bits per heavy atom. The molecule has 1 N–H and O–H groups in total. The maximum Gasteiger partial charge on any atom is 0.317 e. The van der Waals surface area contributed by atoms with E-state index in [1.165, 1.54) is 0 Å². The summed E-state index contributed by atoms with van der Waals surface area (Å²) in [6, 6.07) is 9.77. The number of carbonyl (C=O) groups is 2. The second kappa shape index (κ2) is 9.45. The molecule has 0 unspecified atom stereocenters. The zero-order valence-corrected chi connectivity index (χ0v) is 14.5. The highest BCUT2D eigenvalue weighted by molar-refractivity contribution is 7.99. The number of rotatable bonds is 5. The summed E-state index contributed by atoms with van der Waals surface area (Å²) in [5, 5.41) is 2.77. The van der Waals surface area contributed by atoms with Gasteiger partial charge in [-0.3, -0.25) is 4.79 Å². The van der Waals surface area contributed by atoms with E-state index in [0.717, 1.165) is 36.6 Å². The van der Waals surface area contributed by atoms with Crippen LogP contribution in [0.3, 0.4) is 0 Å². The lowest BCUT2D eigenvalue weighted by Crippen LogP contribution is -2.46. The molecule has 126 valence electrons. The van der Waals surface area contributed by atoms with Crippen molar-refractivity contribution in [2.24, 2.45) is 0 Å². The fraction of sp³-hybridized carbons (Fsp3) is 0.529. The lowest BCUT2D eigenvalue weighted by Gasteiger charge is -2.23. The average molecular weight is 335 g/mol. The smallest absolute Gasteiger partial charge is 0.317 e. The van der Waals surface area contributed by atoms with E-state index in [0.29, 0.717) is 13.1 Å². The minimum absolute atomic E-state index is 0.0473. The van der Waals surface area contributed by atoms with E-state index in [9.17, 15) is 9.59 Å². The number of benzene rings is 1. The van der Waals surface area contributed by atoms with Gasteiger partial charge in [-0.1, -0.05) is 30.3 Å². The lowest BCUT2D eigenvalue weighted by atomic mass is 10.2. The fourth-order valence-corrected chi connectivity index (χ4v) is 3.39. The van der Waals surface area contributed by atoms with Gasteiger partial charge in [-0.15, -0.1) is 0 Å². The van der Waals surface area contributed by atoms with Gasteiger partial charge < -0.3 is 15.1 Å². The predicted molar refractivity (Wildman–Crippen MR) is 94.4 cm³/mol. The van der Waals surface area contributed by atoms with Crippen molar-refractivity contribution in [3.63, 3.8) is 0 Å². The molecule has 1 aromatic carbocycles. The van der Waals surface area contributed by atoms with Crippen molar-refractivity contribution in [1.82, 2.24) is 15.1 Å². The van der Waals surface area contributed by atoms with Crippen molar-refractivity contribution in [2.75, 3.05) is 37.7 Å². The first-order chi connectivity index (χ1) is 11.2. The molecule has 0 atom stereocenters. The van der Waals surface area contributed by atoms with Gasteiger partial charge in [0.25, 0.3) is 0 Å². The van der Waals surface area contributed by atoms with Gasteiger partial charge in [-0.2, -0.15) is 11.8 Å². The normalized spacial score (nSPS) is 14.9. The topological polar surface area (TPSA) is 52.7 Å². The molecule has 5 nitrogen and oxygen atoms in total. The van der Waals surface area contributed by atoms with E-state index < -0.39 is 0 Å². The molecule has 1 heterocycles. The van der Waals surface area contributed by atoms with E-state index in [4.69, 9.17) is 0 Å². The maximum absolute atomic E-state index is 12.3. The quantitative estimate of drug-likeness (QED) is 0.897. The molecule has 1 aliphatic heterocycles. The Morgan fingerprint density at radius 1 is 1.22 bits per heavy atom. The van der Waals surface area contributed by atoms with Crippen molar-refractivity contribution in [1.29, 1.82) is 0 Å². The Balaban J connectivity index is 1.80. The molecule has 1 saturated heterocycles. The summed E-state index contributed by atoms with van der Waals surface area (Å²) in [5.74, 6) is 2.02. The number of amides is 3. The van der Waals surface area contributed by atoms with Gasteiger partial charge in [0.05, 0.1) is 6.54 Å². The van der Waals surface area contributed by atoms with Gasteiger partial charge in [0.15, 0.2) is 0 Å². The molecule has 1 aromatic rings. The second-order valence-corrected chi connectivity index (χ2v) is 6.73. The minimum atomic E-state index is -0.128. The van der Waals surface area contributed by atoms with Crippen LogP contribution in [0.15, 0.2) is 30.3 Å². The third-order valence-electron chi connectivity index (χ3n) is 3.85. The van der Waals surface area contributed by atoms with E-state index in [-0.39, 0.29) is 18.5 Å². The van der Waals surface area contributed by atoms with Gasteiger partial charge in [-0.25, -0.2) is 4.79 Å². The average Bonchev–Trinajstić information content (AvgIpc) is 2.87. The Kier molecular flexibility index (Phi) is 7.26. The molecule has 0 aromatic heterocycles. The molecule has 0 spiro atoms. The van der Waals surface area contributed by atoms with Crippen LogP contribution in [-0.4, -0.2) is 59.4 Å². The SMILES string of the molecule is CCN(Cc1ccccc1)C(=O)CNC(=O)N1CCCSCC1. The third kappa shape index (κ3) is 5.78. The van der Waals surface area contributed by atoms with Crippen LogP contribution in [0.2, 0.25) is 0 Å². The summed E-state index contributed by atoms with van der Waals surface area (Å²) < 4.78 is 0. The fourth-order valence-electron chi connectivity index (χ4n) is 2.50. The van der Waals surface area contributed by atoms with Gasteiger partial charge in [-0.05, 0) is 24.7 Å². The largest absolute Gasteiger partial charge is 0.337 e. The number of thioether (sulfide) groups is 1. The summed E-state index contributed by atoms with van der Waals surface area (Å²) in [5.41, 5.74) is 1.10. The molecule has 0 saturated carbocycles. The molecule has 0 aliphatic carbocycles. The first kappa shape index (κ1) is 17.7. The van der Waals surface area contributed by atoms with E-state index in [2.05, 4.69) is 5.32 Å². The van der Waals surface area contributed by atoms with Crippen molar-refractivity contribution < 1.29 is 9.59 Å². The van der Waals surface area contributed by atoms with E-state index >= 15 is 0 Å². The third-order valence-corrected chi connectivity index (χ3v) is 4.90. The Labute approximate surface area is 142 Å². The van der Waals surface area contributed by atoms with Crippen LogP contribution in [0.1, 0.15) is 18.9 Å². The lowest BCUT2D eigenvalue weighted by molar-refractivity contribution is -0.130. The van der Waals surface area contributed by atoms with Crippen molar-refractivity contribution >= 4 is 23.7 Å². The molecule has 0 radical (unpaired) electrons. The standard InChI is InChI=1S/C17H25N3O2S/c1-2-19(14-15-7-4-3-5-8-15)16(21)13-18-17(22)20-9-6-11-23-12-10-20/h3-5,7-8H,2,6,9-14H2,1H3,(H,18,22). The first-order valence-electron chi connectivity index (χ1n) is 8.13. The van der Waals surface area contributed by atoms with Crippen LogP contribution in [0.25, 0.3) is 0 Å². The summed E-state index contributed by atoms with van der Waals surface area (Å²) in [6.07, 6.45) is 1.02. The Bertz CT molecular complexity index is 502. The highest BCUT2D eigenvalue weighted by Crippen LogP contribution is 2.10. The van der Waals surface area contributed by atoms with Gasteiger partial charge in [0.2, 0.25) is 5.91 Å². The summed E-state index contributed by atoms with van der Waals surface area (Å²) >= 11 is 1.87. The maximum atomic E-state index is 12.3. The van der Waals surface area contributed by atoms with Gasteiger partial charge in [0.1, 0.15) is 0 Å². The summed E-state index contributed by atoms with van der Waals surface area (Å²) in [7, 11) is 0. The number of hydrogen-bond acceptors (Lipinski definition) is 3. The number of carbonyl (C=O) groups excluding carboxylic acids is 2. The van der Waals surface area contributed by atoms with Crippen LogP contribution in [0.5, 0.6) is 0 Å².